The van der Waals surface area contributed by atoms with Crippen LogP contribution in [0.1, 0.15) is 18.9 Å². The van der Waals surface area contributed by atoms with Crippen molar-refractivity contribution in [1.29, 1.82) is 5.26 Å². The molecular formula is C10H8F3NO. The van der Waals surface area contributed by atoms with E-state index in [-0.39, 0.29) is 6.61 Å². The number of ether oxygens (including phenoxy) is 1. The van der Waals surface area contributed by atoms with Crippen LogP contribution in [-0.2, 0) is 0 Å². The molecule has 15 heavy (non-hydrogen) atoms. The molecule has 0 spiro atoms. The molecule has 0 aliphatic heterocycles. The molecule has 0 bridgehead atoms. The van der Waals surface area contributed by atoms with Crippen LogP contribution in [0.15, 0.2) is 6.07 Å². The molecule has 0 amide bonds. The van der Waals surface area contributed by atoms with E-state index in [0.29, 0.717) is 12.5 Å². The molecule has 2 nitrogen and oxygen atoms in total. The first-order chi connectivity index (χ1) is 7.11. The molecule has 0 N–H and O–H groups in total. The van der Waals surface area contributed by atoms with Gasteiger partial charge in [0, 0.05) is 6.07 Å². The van der Waals surface area contributed by atoms with Crippen molar-refractivity contribution in [3.63, 3.8) is 0 Å². The lowest BCUT2D eigenvalue weighted by Gasteiger charge is -2.07. The number of nitrogens with zero attached hydrogens (tertiary/aromatic N) is 1. The van der Waals surface area contributed by atoms with E-state index in [1.807, 2.05) is 0 Å². The number of hydrogen-bond donors (Lipinski definition) is 0. The maximum Gasteiger partial charge on any atom is 0.202 e. The van der Waals surface area contributed by atoms with Gasteiger partial charge in [0.1, 0.15) is 17.4 Å². The predicted octanol–water partition coefficient (Wildman–Crippen LogP) is 2.76. The van der Waals surface area contributed by atoms with Crippen molar-refractivity contribution < 1.29 is 17.9 Å². The highest BCUT2D eigenvalue weighted by atomic mass is 19.2. The van der Waals surface area contributed by atoms with Gasteiger partial charge >= 0.3 is 0 Å². The van der Waals surface area contributed by atoms with Gasteiger partial charge in [-0.2, -0.15) is 9.65 Å². The van der Waals surface area contributed by atoms with E-state index in [1.54, 1.807) is 6.92 Å². The summed E-state index contributed by atoms with van der Waals surface area (Å²) >= 11 is 0. The summed E-state index contributed by atoms with van der Waals surface area (Å²) in [5.74, 6) is -4.47. The van der Waals surface area contributed by atoms with E-state index in [1.165, 1.54) is 6.07 Å². The Morgan fingerprint density at radius 1 is 1.33 bits per heavy atom. The van der Waals surface area contributed by atoms with Crippen LogP contribution in [-0.4, -0.2) is 6.61 Å². The Kier molecular flexibility index (Phi) is 3.56. The zero-order valence-corrected chi connectivity index (χ0v) is 7.98. The molecule has 1 rings (SSSR count). The minimum absolute atomic E-state index is 0.154. The van der Waals surface area contributed by atoms with Crippen LogP contribution in [0.3, 0.4) is 0 Å². The Hall–Kier alpha value is -1.70. The molecule has 0 atom stereocenters. The molecule has 0 aliphatic carbocycles. The number of rotatable bonds is 3. The number of hydrogen-bond acceptors (Lipinski definition) is 2. The molecule has 0 aromatic heterocycles. The average Bonchev–Trinajstić information content (AvgIpc) is 2.22. The molecule has 0 unspecified atom stereocenters. The molecule has 0 aliphatic rings. The largest absolute Gasteiger partial charge is 0.490 e. The Morgan fingerprint density at radius 2 is 2.00 bits per heavy atom. The summed E-state index contributed by atoms with van der Waals surface area (Å²) in [6, 6.07) is 1.92. The summed E-state index contributed by atoms with van der Waals surface area (Å²) in [6.45, 7) is 1.93. The van der Waals surface area contributed by atoms with E-state index in [9.17, 15) is 13.2 Å². The quantitative estimate of drug-likeness (QED) is 0.726. The van der Waals surface area contributed by atoms with Crippen LogP contribution in [0.25, 0.3) is 0 Å². The summed E-state index contributed by atoms with van der Waals surface area (Å²) in [6.07, 6.45) is 0.586. The van der Waals surface area contributed by atoms with Crippen molar-refractivity contribution in [2.24, 2.45) is 0 Å². The molecule has 0 heterocycles. The van der Waals surface area contributed by atoms with Gasteiger partial charge in [0.25, 0.3) is 0 Å². The van der Waals surface area contributed by atoms with Gasteiger partial charge in [0.2, 0.25) is 5.82 Å². The summed E-state index contributed by atoms with van der Waals surface area (Å²) in [4.78, 5) is 0. The molecule has 80 valence electrons. The van der Waals surface area contributed by atoms with Crippen molar-refractivity contribution in [2.45, 2.75) is 13.3 Å². The van der Waals surface area contributed by atoms with E-state index in [4.69, 9.17) is 10.00 Å². The van der Waals surface area contributed by atoms with Crippen molar-refractivity contribution >= 4 is 0 Å². The number of benzene rings is 1. The zero-order chi connectivity index (χ0) is 11.4. The SMILES string of the molecule is CCCOc1cc(F)c(C#N)c(F)c1F. The third-order valence-electron chi connectivity index (χ3n) is 1.70. The minimum Gasteiger partial charge on any atom is -0.490 e. The van der Waals surface area contributed by atoms with E-state index in [2.05, 4.69) is 0 Å². The Labute approximate surface area is 84.9 Å². The third-order valence-corrected chi connectivity index (χ3v) is 1.70. The van der Waals surface area contributed by atoms with Gasteiger partial charge in [-0.25, -0.2) is 8.78 Å². The van der Waals surface area contributed by atoms with Crippen molar-refractivity contribution in [2.75, 3.05) is 6.61 Å². The fourth-order valence-corrected chi connectivity index (χ4v) is 0.993. The Balaban J connectivity index is 3.17. The zero-order valence-electron chi connectivity index (χ0n) is 7.98. The van der Waals surface area contributed by atoms with Crippen LogP contribution >= 0.6 is 0 Å². The highest BCUT2D eigenvalue weighted by molar-refractivity contribution is 5.39. The average molecular weight is 215 g/mol. The van der Waals surface area contributed by atoms with Gasteiger partial charge < -0.3 is 4.74 Å². The molecule has 0 radical (unpaired) electrons. The summed E-state index contributed by atoms with van der Waals surface area (Å²) in [5, 5.41) is 8.35. The number of nitriles is 1. The third kappa shape index (κ3) is 2.21. The van der Waals surface area contributed by atoms with Crippen LogP contribution in [0, 0.1) is 28.8 Å². The monoisotopic (exact) mass is 215 g/mol. The van der Waals surface area contributed by atoms with Gasteiger partial charge in [0.15, 0.2) is 11.6 Å². The minimum atomic E-state index is -1.51. The molecule has 5 heteroatoms. The fraction of sp³-hybridized carbons (Fsp3) is 0.300. The second kappa shape index (κ2) is 4.69. The van der Waals surface area contributed by atoms with Crippen LogP contribution in [0.4, 0.5) is 13.2 Å². The lowest BCUT2D eigenvalue weighted by Crippen LogP contribution is -2.03. The lowest BCUT2D eigenvalue weighted by atomic mass is 10.2. The predicted molar refractivity (Wildman–Crippen MR) is 46.8 cm³/mol. The lowest BCUT2D eigenvalue weighted by molar-refractivity contribution is 0.292. The van der Waals surface area contributed by atoms with Crippen LogP contribution in [0.2, 0.25) is 0 Å². The topological polar surface area (TPSA) is 33.0 Å². The maximum absolute atomic E-state index is 13.1. The Morgan fingerprint density at radius 3 is 2.53 bits per heavy atom. The maximum atomic E-state index is 13.1. The standard InChI is InChI=1S/C10H8F3NO/c1-2-3-15-8-4-7(11)6(5-14)9(12)10(8)13/h4H,2-3H2,1H3. The first-order valence-corrected chi connectivity index (χ1v) is 4.32. The molecule has 1 aromatic carbocycles. The molecule has 1 aromatic rings. The molecule has 0 saturated heterocycles. The normalized spacial score (nSPS) is 9.80. The second-order valence-corrected chi connectivity index (χ2v) is 2.82. The van der Waals surface area contributed by atoms with Gasteiger partial charge in [-0.1, -0.05) is 6.92 Å². The highest BCUT2D eigenvalue weighted by Crippen LogP contribution is 2.25. The van der Waals surface area contributed by atoms with Gasteiger partial charge in [-0.3, -0.25) is 0 Å². The van der Waals surface area contributed by atoms with E-state index >= 15 is 0 Å². The summed E-state index contributed by atoms with van der Waals surface area (Å²) in [5.41, 5.74) is -0.934. The number of halogens is 3. The van der Waals surface area contributed by atoms with Crippen molar-refractivity contribution in [1.82, 2.24) is 0 Å². The second-order valence-electron chi connectivity index (χ2n) is 2.82. The summed E-state index contributed by atoms with van der Waals surface area (Å²) < 4.78 is 44.0. The molecule has 0 saturated carbocycles. The summed E-state index contributed by atoms with van der Waals surface area (Å²) in [7, 11) is 0. The molecule has 0 fully saturated rings. The van der Waals surface area contributed by atoms with Crippen LogP contribution in [0.5, 0.6) is 5.75 Å². The van der Waals surface area contributed by atoms with Crippen molar-refractivity contribution in [3.05, 3.63) is 29.1 Å². The fourth-order valence-electron chi connectivity index (χ4n) is 0.993. The van der Waals surface area contributed by atoms with E-state index in [0.717, 1.165) is 0 Å². The first-order valence-electron chi connectivity index (χ1n) is 4.32. The van der Waals surface area contributed by atoms with E-state index < -0.39 is 28.8 Å². The van der Waals surface area contributed by atoms with Gasteiger partial charge in [-0.05, 0) is 6.42 Å². The molecular weight excluding hydrogens is 207 g/mol. The van der Waals surface area contributed by atoms with Gasteiger partial charge in [-0.15, -0.1) is 0 Å². The highest BCUT2D eigenvalue weighted by Gasteiger charge is 2.19. The smallest absolute Gasteiger partial charge is 0.202 e. The van der Waals surface area contributed by atoms with Crippen LogP contribution < -0.4 is 4.74 Å². The first kappa shape index (κ1) is 11.4. The van der Waals surface area contributed by atoms with Gasteiger partial charge in [0.05, 0.1) is 6.61 Å². The Bertz CT molecular complexity index is 412. The van der Waals surface area contributed by atoms with Crippen molar-refractivity contribution in [3.8, 4) is 11.8 Å².